The van der Waals surface area contributed by atoms with Crippen molar-refractivity contribution < 1.29 is 14.7 Å². The van der Waals surface area contributed by atoms with E-state index in [9.17, 15) is 14.7 Å². The Bertz CT molecular complexity index is 1140. The zero-order valence-electron chi connectivity index (χ0n) is 15.0. The lowest BCUT2D eigenvalue weighted by molar-refractivity contribution is -0.132. The van der Waals surface area contributed by atoms with Crippen LogP contribution in [0.25, 0.3) is 5.76 Å². The van der Waals surface area contributed by atoms with Crippen LogP contribution in [0.4, 0.5) is 5.69 Å². The fourth-order valence-electron chi connectivity index (χ4n) is 3.47. The summed E-state index contributed by atoms with van der Waals surface area (Å²) in [6.07, 6.45) is 0. The highest BCUT2D eigenvalue weighted by atomic mass is 79.9. The molecule has 3 aromatic carbocycles. The number of carbonyl (C=O) groups excluding carboxylic acids is 2. The number of rotatable bonds is 3. The number of hydrogen-bond acceptors (Lipinski definition) is 3. The van der Waals surface area contributed by atoms with Crippen molar-refractivity contribution in [2.45, 2.75) is 6.04 Å². The Morgan fingerprint density at radius 3 is 2.31 bits per heavy atom. The van der Waals surface area contributed by atoms with E-state index in [-0.39, 0.29) is 11.3 Å². The van der Waals surface area contributed by atoms with Crippen LogP contribution in [0, 0.1) is 0 Å². The van der Waals surface area contributed by atoms with E-state index in [1.165, 1.54) is 4.90 Å². The third-order valence-electron chi connectivity index (χ3n) is 4.78. The summed E-state index contributed by atoms with van der Waals surface area (Å²) < 4.78 is 0.762. The van der Waals surface area contributed by atoms with Crippen LogP contribution in [0.5, 0.6) is 0 Å². The molecule has 1 atom stereocenters. The number of amides is 1. The summed E-state index contributed by atoms with van der Waals surface area (Å²) in [5.41, 5.74) is 1.55. The standard InChI is InChI=1S/C23H15BrClNO3/c24-15-9-6-10-16(13-15)26-20(17-11-4-5-12-18(17)25)19(22(28)23(26)29)21(27)14-7-2-1-3-8-14/h1-13,20,27H. The molecule has 1 saturated heterocycles. The summed E-state index contributed by atoms with van der Waals surface area (Å²) in [4.78, 5) is 27.4. The first-order valence-corrected chi connectivity index (χ1v) is 10.0. The zero-order valence-corrected chi connectivity index (χ0v) is 17.4. The maximum absolute atomic E-state index is 13.0. The Morgan fingerprint density at radius 1 is 0.931 bits per heavy atom. The van der Waals surface area contributed by atoms with E-state index >= 15 is 0 Å². The topological polar surface area (TPSA) is 57.6 Å². The zero-order chi connectivity index (χ0) is 20.5. The van der Waals surface area contributed by atoms with E-state index in [4.69, 9.17) is 11.6 Å². The third kappa shape index (κ3) is 3.48. The molecular weight excluding hydrogens is 454 g/mol. The Labute approximate surface area is 181 Å². The van der Waals surface area contributed by atoms with Gasteiger partial charge >= 0.3 is 0 Å². The monoisotopic (exact) mass is 467 g/mol. The highest BCUT2D eigenvalue weighted by Crippen LogP contribution is 2.44. The van der Waals surface area contributed by atoms with Gasteiger partial charge in [0.05, 0.1) is 11.6 Å². The molecule has 6 heteroatoms. The van der Waals surface area contributed by atoms with Crippen LogP contribution in [0.15, 0.2) is 88.9 Å². The van der Waals surface area contributed by atoms with Gasteiger partial charge in [0.25, 0.3) is 11.7 Å². The largest absolute Gasteiger partial charge is 0.507 e. The summed E-state index contributed by atoms with van der Waals surface area (Å²) in [6.45, 7) is 0. The lowest BCUT2D eigenvalue weighted by atomic mass is 9.95. The van der Waals surface area contributed by atoms with Gasteiger partial charge in [-0.1, -0.05) is 82.1 Å². The molecule has 29 heavy (non-hydrogen) atoms. The smallest absolute Gasteiger partial charge is 0.300 e. The number of aliphatic hydroxyl groups is 1. The first-order chi connectivity index (χ1) is 14.0. The van der Waals surface area contributed by atoms with Crippen LogP contribution in [0.3, 0.4) is 0 Å². The highest BCUT2D eigenvalue weighted by Gasteiger charge is 2.47. The van der Waals surface area contributed by atoms with Crippen LogP contribution >= 0.6 is 27.5 Å². The van der Waals surface area contributed by atoms with E-state index in [0.717, 1.165) is 4.47 Å². The van der Waals surface area contributed by atoms with Gasteiger partial charge in [-0.15, -0.1) is 0 Å². The molecule has 1 unspecified atom stereocenters. The van der Waals surface area contributed by atoms with Crippen molar-refractivity contribution in [1.29, 1.82) is 0 Å². The molecule has 0 saturated carbocycles. The van der Waals surface area contributed by atoms with Gasteiger partial charge in [0.15, 0.2) is 0 Å². The molecule has 1 amide bonds. The van der Waals surface area contributed by atoms with Gasteiger partial charge in [-0.2, -0.15) is 0 Å². The van der Waals surface area contributed by atoms with E-state index < -0.39 is 17.7 Å². The second-order valence-corrected chi connectivity index (χ2v) is 7.86. The number of hydrogen-bond donors (Lipinski definition) is 1. The van der Waals surface area contributed by atoms with Crippen molar-refractivity contribution >= 4 is 50.7 Å². The Hall–Kier alpha value is -2.89. The number of anilines is 1. The van der Waals surface area contributed by atoms with E-state index in [1.807, 2.05) is 12.1 Å². The molecule has 4 nitrogen and oxygen atoms in total. The molecular formula is C23H15BrClNO3. The van der Waals surface area contributed by atoms with Gasteiger partial charge in [0.1, 0.15) is 5.76 Å². The lowest BCUT2D eigenvalue weighted by Gasteiger charge is -2.26. The number of nitrogens with zero attached hydrogens (tertiary/aromatic N) is 1. The quantitative estimate of drug-likeness (QED) is 0.303. The van der Waals surface area contributed by atoms with Gasteiger partial charge in [-0.3, -0.25) is 14.5 Å². The molecule has 144 valence electrons. The number of benzene rings is 3. The summed E-state index contributed by atoms with van der Waals surface area (Å²) in [5.74, 6) is -1.70. The predicted molar refractivity (Wildman–Crippen MR) is 117 cm³/mol. The van der Waals surface area contributed by atoms with E-state index in [0.29, 0.717) is 21.8 Å². The van der Waals surface area contributed by atoms with Gasteiger partial charge in [-0.05, 0) is 29.8 Å². The van der Waals surface area contributed by atoms with Crippen LogP contribution in [0.1, 0.15) is 17.2 Å². The van der Waals surface area contributed by atoms with Gasteiger partial charge < -0.3 is 5.11 Å². The van der Waals surface area contributed by atoms with Crippen LogP contribution in [0.2, 0.25) is 5.02 Å². The van der Waals surface area contributed by atoms with Crippen LogP contribution in [-0.2, 0) is 9.59 Å². The highest BCUT2D eigenvalue weighted by molar-refractivity contribution is 9.10. The third-order valence-corrected chi connectivity index (χ3v) is 5.62. The average Bonchev–Trinajstić information content (AvgIpc) is 2.99. The second-order valence-electron chi connectivity index (χ2n) is 6.54. The van der Waals surface area contributed by atoms with Crippen molar-refractivity contribution in [3.05, 3.63) is 105 Å². The maximum Gasteiger partial charge on any atom is 0.300 e. The van der Waals surface area contributed by atoms with Crippen LogP contribution in [-0.4, -0.2) is 16.8 Å². The van der Waals surface area contributed by atoms with Gasteiger partial charge in [0.2, 0.25) is 0 Å². The van der Waals surface area contributed by atoms with Crippen molar-refractivity contribution in [3.63, 3.8) is 0 Å². The number of aliphatic hydroxyl groups excluding tert-OH is 1. The number of ketones is 1. The van der Waals surface area contributed by atoms with Crippen molar-refractivity contribution in [3.8, 4) is 0 Å². The molecule has 0 aliphatic carbocycles. The minimum absolute atomic E-state index is 0.00859. The molecule has 0 radical (unpaired) electrons. The van der Waals surface area contributed by atoms with Gasteiger partial charge in [0, 0.05) is 20.7 Å². The van der Waals surface area contributed by atoms with Crippen molar-refractivity contribution in [2.75, 3.05) is 4.90 Å². The lowest BCUT2D eigenvalue weighted by Crippen LogP contribution is -2.29. The van der Waals surface area contributed by atoms with Crippen molar-refractivity contribution in [1.82, 2.24) is 0 Å². The number of carbonyl (C=O) groups is 2. The minimum Gasteiger partial charge on any atom is -0.507 e. The Kier molecular flexibility index (Phi) is 5.26. The molecule has 1 aliphatic rings. The molecule has 3 aromatic rings. The molecule has 1 heterocycles. The molecule has 0 aromatic heterocycles. The Balaban J connectivity index is 1.99. The maximum atomic E-state index is 13.0. The number of Topliss-reactive ketones (excluding diaryl/α,β-unsaturated/α-hetero) is 1. The van der Waals surface area contributed by atoms with E-state index in [2.05, 4.69) is 15.9 Å². The molecule has 1 fully saturated rings. The summed E-state index contributed by atoms with van der Waals surface area (Å²) in [6, 6.07) is 21.9. The summed E-state index contributed by atoms with van der Waals surface area (Å²) >= 11 is 9.84. The Morgan fingerprint density at radius 2 is 1.62 bits per heavy atom. The predicted octanol–water partition coefficient (Wildman–Crippen LogP) is 5.73. The molecule has 0 spiro atoms. The molecule has 4 rings (SSSR count). The minimum atomic E-state index is -0.849. The fraction of sp³-hybridized carbons (Fsp3) is 0.0435. The molecule has 0 bridgehead atoms. The normalized spacial score (nSPS) is 18.3. The summed E-state index contributed by atoms with van der Waals surface area (Å²) in [5, 5.41) is 11.4. The SMILES string of the molecule is O=C1C(=O)N(c2cccc(Br)c2)C(c2ccccc2Cl)C1=C(O)c1ccccc1. The van der Waals surface area contributed by atoms with E-state index in [1.54, 1.807) is 66.7 Å². The first kappa shape index (κ1) is 19.4. The van der Waals surface area contributed by atoms with Crippen molar-refractivity contribution in [2.24, 2.45) is 0 Å². The van der Waals surface area contributed by atoms with Crippen LogP contribution < -0.4 is 4.90 Å². The first-order valence-electron chi connectivity index (χ1n) is 8.85. The molecule has 1 aliphatic heterocycles. The average molecular weight is 469 g/mol. The molecule has 1 N–H and O–H groups in total. The fourth-order valence-corrected chi connectivity index (χ4v) is 4.09. The summed E-state index contributed by atoms with van der Waals surface area (Å²) in [7, 11) is 0. The second kappa shape index (κ2) is 7.85. The van der Waals surface area contributed by atoms with Gasteiger partial charge in [-0.25, -0.2) is 0 Å². The number of halogens is 2.